The Kier molecular flexibility index (Phi) is 9.79. The van der Waals surface area contributed by atoms with Crippen molar-refractivity contribution >= 4 is 51.2 Å². The van der Waals surface area contributed by atoms with Gasteiger partial charge in [-0.05, 0) is 82.9 Å². The van der Waals surface area contributed by atoms with Gasteiger partial charge < -0.3 is 20.1 Å². The molecule has 0 heterocycles. The number of halogens is 1. The number of nitrogens with zero attached hydrogens (tertiary/aromatic N) is 1. The monoisotopic (exact) mass is 566 g/mol. The van der Waals surface area contributed by atoms with Crippen LogP contribution in [0.5, 0.6) is 11.5 Å². The van der Waals surface area contributed by atoms with Gasteiger partial charge in [-0.2, -0.15) is 5.10 Å². The van der Waals surface area contributed by atoms with Gasteiger partial charge in [0.1, 0.15) is 6.61 Å². The fourth-order valence-corrected chi connectivity index (χ4v) is 3.81. The van der Waals surface area contributed by atoms with Crippen LogP contribution in [-0.4, -0.2) is 30.5 Å². The predicted molar refractivity (Wildman–Crippen MR) is 146 cm³/mol. The van der Waals surface area contributed by atoms with Crippen molar-refractivity contribution in [1.29, 1.82) is 0 Å². The van der Waals surface area contributed by atoms with Gasteiger partial charge in [0.2, 0.25) is 5.91 Å². The van der Waals surface area contributed by atoms with Crippen molar-refractivity contribution < 1.29 is 23.9 Å². The zero-order chi connectivity index (χ0) is 26.8. The van der Waals surface area contributed by atoms with Gasteiger partial charge in [-0.3, -0.25) is 14.4 Å². The molecule has 9 nitrogen and oxygen atoms in total. The number of aryl methyl sites for hydroxylation is 1. The molecule has 10 heteroatoms. The minimum atomic E-state index is -0.940. The van der Waals surface area contributed by atoms with E-state index in [0.717, 1.165) is 11.1 Å². The second-order valence-electron chi connectivity index (χ2n) is 7.89. The summed E-state index contributed by atoms with van der Waals surface area (Å²) in [6.07, 6.45) is 1.39. The van der Waals surface area contributed by atoms with Crippen molar-refractivity contribution in [3.05, 3.63) is 81.8 Å². The Labute approximate surface area is 223 Å². The molecule has 0 aromatic heterocycles. The molecule has 0 radical (unpaired) electrons. The Hall–Kier alpha value is -4.18. The number of hydrazone groups is 1. The van der Waals surface area contributed by atoms with Crippen LogP contribution in [0.25, 0.3) is 0 Å². The maximum atomic E-state index is 12.2. The van der Waals surface area contributed by atoms with Crippen LogP contribution < -0.4 is 25.5 Å². The highest BCUT2D eigenvalue weighted by Gasteiger charge is 2.15. The summed E-state index contributed by atoms with van der Waals surface area (Å²) in [6.45, 7) is 6.09. The van der Waals surface area contributed by atoms with E-state index in [1.165, 1.54) is 13.1 Å². The highest BCUT2D eigenvalue weighted by Crippen LogP contribution is 2.37. The maximum absolute atomic E-state index is 12.2. The molecule has 0 unspecified atom stereocenters. The Bertz CT molecular complexity index is 1310. The first kappa shape index (κ1) is 27.4. The van der Waals surface area contributed by atoms with Crippen LogP contribution >= 0.6 is 15.9 Å². The summed E-state index contributed by atoms with van der Waals surface area (Å²) in [5, 5.41) is 8.96. The lowest BCUT2D eigenvalue weighted by atomic mass is 10.1. The Morgan fingerprint density at radius 3 is 2.27 bits per heavy atom. The number of carbonyl (C=O) groups is 3. The standard InChI is InChI=1S/C27H27BrN4O5/c1-4-36-24-14-19(13-23(28)25(24)37-16-20-8-6-5-7-17(20)2)15-29-32-27(35)26(34)31-22-11-9-21(10-12-22)30-18(3)33/h5-15H,4,16H2,1-3H3,(H,30,33)(H,31,34)(H,32,35)/b29-15+. The van der Waals surface area contributed by atoms with Crippen LogP contribution in [0.15, 0.2) is 70.2 Å². The lowest BCUT2D eigenvalue weighted by Crippen LogP contribution is -2.32. The average Bonchev–Trinajstić information content (AvgIpc) is 2.85. The van der Waals surface area contributed by atoms with Gasteiger partial charge in [0.05, 0.1) is 17.3 Å². The SMILES string of the molecule is CCOc1cc(/C=N/NC(=O)C(=O)Nc2ccc(NC(C)=O)cc2)cc(Br)c1OCc1ccccc1C. The molecule has 0 bridgehead atoms. The van der Waals surface area contributed by atoms with Gasteiger partial charge in [-0.25, -0.2) is 5.43 Å². The molecule has 3 aromatic rings. The highest BCUT2D eigenvalue weighted by atomic mass is 79.9. The number of benzene rings is 3. The van der Waals surface area contributed by atoms with Crippen molar-refractivity contribution in [2.24, 2.45) is 5.10 Å². The third kappa shape index (κ3) is 8.18. The second-order valence-corrected chi connectivity index (χ2v) is 8.74. The number of ether oxygens (including phenoxy) is 2. The third-order valence-electron chi connectivity index (χ3n) is 5.01. The molecule has 0 atom stereocenters. The lowest BCUT2D eigenvalue weighted by molar-refractivity contribution is -0.136. The zero-order valence-corrected chi connectivity index (χ0v) is 22.2. The minimum Gasteiger partial charge on any atom is -0.490 e. The normalized spacial score (nSPS) is 10.6. The summed E-state index contributed by atoms with van der Waals surface area (Å²) >= 11 is 3.52. The predicted octanol–water partition coefficient (Wildman–Crippen LogP) is 4.78. The smallest absolute Gasteiger partial charge is 0.329 e. The quantitative estimate of drug-likeness (QED) is 0.195. The summed E-state index contributed by atoms with van der Waals surface area (Å²) in [5.74, 6) is -0.974. The number of hydrogen-bond acceptors (Lipinski definition) is 6. The van der Waals surface area contributed by atoms with Gasteiger partial charge in [0.25, 0.3) is 0 Å². The van der Waals surface area contributed by atoms with Crippen LogP contribution in [0.3, 0.4) is 0 Å². The van der Waals surface area contributed by atoms with E-state index < -0.39 is 11.8 Å². The van der Waals surface area contributed by atoms with Crippen LogP contribution in [0.4, 0.5) is 11.4 Å². The Morgan fingerprint density at radius 1 is 0.946 bits per heavy atom. The summed E-state index contributed by atoms with van der Waals surface area (Å²) < 4.78 is 12.4. The summed E-state index contributed by atoms with van der Waals surface area (Å²) in [4.78, 5) is 35.4. The second kappa shape index (κ2) is 13.2. The molecule has 0 aliphatic heterocycles. The molecule has 192 valence electrons. The molecule has 0 aliphatic rings. The molecule has 3 aromatic carbocycles. The van der Waals surface area contributed by atoms with E-state index in [9.17, 15) is 14.4 Å². The molecule has 37 heavy (non-hydrogen) atoms. The molecule has 0 spiro atoms. The first-order chi connectivity index (χ1) is 17.8. The lowest BCUT2D eigenvalue weighted by Gasteiger charge is -2.15. The maximum Gasteiger partial charge on any atom is 0.329 e. The van der Waals surface area contributed by atoms with Gasteiger partial charge in [-0.1, -0.05) is 24.3 Å². The van der Waals surface area contributed by atoms with Crippen molar-refractivity contribution in [3.8, 4) is 11.5 Å². The Balaban J connectivity index is 1.61. The molecule has 0 aliphatic carbocycles. The highest BCUT2D eigenvalue weighted by molar-refractivity contribution is 9.10. The largest absolute Gasteiger partial charge is 0.490 e. The third-order valence-corrected chi connectivity index (χ3v) is 5.60. The number of anilines is 2. The molecule has 3 N–H and O–H groups in total. The molecule has 3 rings (SSSR count). The van der Waals surface area contributed by atoms with E-state index in [1.54, 1.807) is 36.4 Å². The summed E-state index contributed by atoms with van der Waals surface area (Å²) in [7, 11) is 0. The van der Waals surface area contributed by atoms with Gasteiger partial charge in [0.15, 0.2) is 11.5 Å². The molecule has 0 saturated heterocycles. The molecular weight excluding hydrogens is 540 g/mol. The van der Waals surface area contributed by atoms with Crippen LogP contribution in [-0.2, 0) is 21.0 Å². The first-order valence-electron chi connectivity index (χ1n) is 11.4. The van der Waals surface area contributed by atoms with Gasteiger partial charge >= 0.3 is 11.8 Å². The number of nitrogens with one attached hydrogen (secondary N) is 3. The molecule has 0 saturated carbocycles. The van der Waals surface area contributed by atoms with Crippen LogP contribution in [0.2, 0.25) is 0 Å². The van der Waals surface area contributed by atoms with Gasteiger partial charge in [0, 0.05) is 18.3 Å². The van der Waals surface area contributed by atoms with E-state index in [4.69, 9.17) is 9.47 Å². The molecular formula is C27H27BrN4O5. The van der Waals surface area contributed by atoms with Gasteiger partial charge in [-0.15, -0.1) is 0 Å². The topological polar surface area (TPSA) is 118 Å². The fraction of sp³-hybridized carbons (Fsp3) is 0.185. The fourth-order valence-electron chi connectivity index (χ4n) is 3.23. The number of rotatable bonds is 9. The van der Waals surface area contributed by atoms with Crippen LogP contribution in [0, 0.1) is 6.92 Å². The van der Waals surface area contributed by atoms with E-state index >= 15 is 0 Å². The summed E-state index contributed by atoms with van der Waals surface area (Å²) in [6, 6.07) is 17.8. The zero-order valence-electron chi connectivity index (χ0n) is 20.6. The van der Waals surface area contributed by atoms with Crippen molar-refractivity contribution in [1.82, 2.24) is 5.43 Å². The van der Waals surface area contributed by atoms with E-state index in [0.29, 0.717) is 46.1 Å². The van der Waals surface area contributed by atoms with Crippen molar-refractivity contribution in [2.45, 2.75) is 27.4 Å². The number of carbonyl (C=O) groups excluding carboxylic acids is 3. The minimum absolute atomic E-state index is 0.209. The Morgan fingerprint density at radius 2 is 1.62 bits per heavy atom. The number of amides is 3. The number of hydrogen-bond donors (Lipinski definition) is 3. The molecule has 0 fully saturated rings. The van der Waals surface area contributed by atoms with Crippen LogP contribution in [0.1, 0.15) is 30.5 Å². The van der Waals surface area contributed by atoms with E-state index in [-0.39, 0.29) is 5.91 Å². The molecule has 3 amide bonds. The van der Waals surface area contributed by atoms with Crippen molar-refractivity contribution in [3.63, 3.8) is 0 Å². The van der Waals surface area contributed by atoms with Crippen molar-refractivity contribution in [2.75, 3.05) is 17.2 Å². The van der Waals surface area contributed by atoms with E-state index in [2.05, 4.69) is 37.1 Å². The summed E-state index contributed by atoms with van der Waals surface area (Å²) in [5.41, 5.74) is 5.97. The first-order valence-corrected chi connectivity index (χ1v) is 12.2. The average molecular weight is 567 g/mol. The van der Waals surface area contributed by atoms with E-state index in [1.807, 2.05) is 38.1 Å².